The smallest absolute Gasteiger partial charge is 0.166 e. The standard InChI is InChI=1S/C16H18O3/c1-11-7-12(9-13(17)8-11)10-15(18)14-5-3-4-6-16(14)19-2/h3-6,8,12H,7,9-10H2,1-2H3/t12-/m1/s1. The molecule has 1 aliphatic rings. The van der Waals surface area contributed by atoms with E-state index in [0.29, 0.717) is 24.2 Å². The van der Waals surface area contributed by atoms with Gasteiger partial charge in [0.05, 0.1) is 12.7 Å². The van der Waals surface area contributed by atoms with Gasteiger partial charge in [0.2, 0.25) is 0 Å². The Morgan fingerprint density at radius 2 is 2.05 bits per heavy atom. The van der Waals surface area contributed by atoms with Gasteiger partial charge in [-0.2, -0.15) is 0 Å². The number of Topliss-reactive ketones (excluding diaryl/α,β-unsaturated/α-hetero) is 1. The zero-order valence-corrected chi connectivity index (χ0v) is 11.3. The molecule has 0 saturated heterocycles. The van der Waals surface area contributed by atoms with Crippen LogP contribution in [0.2, 0.25) is 0 Å². The molecule has 0 aromatic heterocycles. The Labute approximate surface area is 113 Å². The van der Waals surface area contributed by atoms with Crippen molar-refractivity contribution in [2.45, 2.75) is 26.2 Å². The van der Waals surface area contributed by atoms with Gasteiger partial charge in [-0.15, -0.1) is 0 Å². The van der Waals surface area contributed by atoms with E-state index >= 15 is 0 Å². The number of hydrogen-bond acceptors (Lipinski definition) is 3. The number of carbonyl (C=O) groups excluding carboxylic acids is 2. The molecular weight excluding hydrogens is 240 g/mol. The first-order valence-electron chi connectivity index (χ1n) is 6.46. The molecule has 0 bridgehead atoms. The number of rotatable bonds is 4. The number of ketones is 2. The summed E-state index contributed by atoms with van der Waals surface area (Å²) in [4.78, 5) is 23.8. The maximum Gasteiger partial charge on any atom is 0.166 e. The molecule has 0 amide bonds. The van der Waals surface area contributed by atoms with E-state index in [1.165, 1.54) is 0 Å². The van der Waals surface area contributed by atoms with E-state index in [-0.39, 0.29) is 17.5 Å². The lowest BCUT2D eigenvalue weighted by molar-refractivity contribution is -0.115. The van der Waals surface area contributed by atoms with Crippen molar-refractivity contribution in [2.24, 2.45) is 5.92 Å². The minimum Gasteiger partial charge on any atom is -0.496 e. The van der Waals surface area contributed by atoms with Gasteiger partial charge in [-0.25, -0.2) is 0 Å². The van der Waals surface area contributed by atoms with E-state index in [2.05, 4.69) is 0 Å². The third-order valence-corrected chi connectivity index (χ3v) is 3.39. The molecule has 1 aromatic rings. The molecule has 100 valence electrons. The second kappa shape index (κ2) is 5.83. The van der Waals surface area contributed by atoms with Gasteiger partial charge in [0.15, 0.2) is 11.6 Å². The van der Waals surface area contributed by atoms with Crippen LogP contribution in [0.1, 0.15) is 36.5 Å². The second-order valence-electron chi connectivity index (χ2n) is 5.06. The van der Waals surface area contributed by atoms with Crippen LogP contribution in [0.4, 0.5) is 0 Å². The molecule has 3 nitrogen and oxygen atoms in total. The van der Waals surface area contributed by atoms with E-state index < -0.39 is 0 Å². The summed E-state index contributed by atoms with van der Waals surface area (Å²) in [6.07, 6.45) is 3.38. The molecule has 1 aliphatic carbocycles. The van der Waals surface area contributed by atoms with Crippen molar-refractivity contribution in [3.05, 3.63) is 41.5 Å². The average Bonchev–Trinajstić information content (AvgIpc) is 2.37. The topological polar surface area (TPSA) is 43.4 Å². The molecular formula is C16H18O3. The molecule has 2 rings (SSSR count). The zero-order valence-electron chi connectivity index (χ0n) is 11.3. The molecule has 0 radical (unpaired) electrons. The summed E-state index contributed by atoms with van der Waals surface area (Å²) in [5, 5.41) is 0. The molecule has 0 aliphatic heterocycles. The number of benzene rings is 1. The van der Waals surface area contributed by atoms with Crippen LogP contribution in [0.3, 0.4) is 0 Å². The molecule has 19 heavy (non-hydrogen) atoms. The highest BCUT2D eigenvalue weighted by atomic mass is 16.5. The molecule has 0 heterocycles. The van der Waals surface area contributed by atoms with Crippen molar-refractivity contribution in [1.29, 1.82) is 0 Å². The summed E-state index contributed by atoms with van der Waals surface area (Å²) in [7, 11) is 1.56. The zero-order chi connectivity index (χ0) is 13.8. The van der Waals surface area contributed by atoms with Gasteiger partial charge in [-0.3, -0.25) is 9.59 Å². The predicted molar refractivity (Wildman–Crippen MR) is 73.4 cm³/mol. The Balaban J connectivity index is 2.09. The van der Waals surface area contributed by atoms with Gasteiger partial charge < -0.3 is 4.74 Å². The van der Waals surface area contributed by atoms with Crippen LogP contribution in [-0.4, -0.2) is 18.7 Å². The number of carbonyl (C=O) groups is 2. The highest BCUT2D eigenvalue weighted by molar-refractivity contribution is 5.99. The van der Waals surface area contributed by atoms with Crippen LogP contribution < -0.4 is 4.74 Å². The number of hydrogen-bond donors (Lipinski definition) is 0. The molecule has 1 aromatic carbocycles. The fourth-order valence-corrected chi connectivity index (χ4v) is 2.60. The molecule has 0 saturated carbocycles. The first-order chi connectivity index (χ1) is 9.10. The first kappa shape index (κ1) is 13.5. The van der Waals surface area contributed by atoms with E-state index in [4.69, 9.17) is 4.74 Å². The van der Waals surface area contributed by atoms with Crippen molar-refractivity contribution < 1.29 is 14.3 Å². The van der Waals surface area contributed by atoms with Crippen molar-refractivity contribution in [1.82, 2.24) is 0 Å². The highest BCUT2D eigenvalue weighted by Gasteiger charge is 2.23. The van der Waals surface area contributed by atoms with Gasteiger partial charge in [0, 0.05) is 12.8 Å². The van der Waals surface area contributed by atoms with E-state index in [1.807, 2.05) is 19.1 Å². The molecule has 0 fully saturated rings. The van der Waals surface area contributed by atoms with Gasteiger partial charge in [-0.05, 0) is 37.5 Å². The van der Waals surface area contributed by atoms with E-state index in [9.17, 15) is 9.59 Å². The summed E-state index contributed by atoms with van der Waals surface area (Å²) < 4.78 is 5.20. The number of para-hydroxylation sites is 1. The van der Waals surface area contributed by atoms with Gasteiger partial charge in [-0.1, -0.05) is 17.7 Å². The largest absolute Gasteiger partial charge is 0.496 e. The third kappa shape index (κ3) is 3.31. The number of allylic oxidation sites excluding steroid dienone is 2. The quantitative estimate of drug-likeness (QED) is 0.779. The van der Waals surface area contributed by atoms with E-state index in [1.54, 1.807) is 25.3 Å². The number of ether oxygens (including phenoxy) is 1. The summed E-state index contributed by atoms with van der Waals surface area (Å²) >= 11 is 0. The Hall–Kier alpha value is -1.90. The van der Waals surface area contributed by atoms with Crippen LogP contribution in [-0.2, 0) is 4.79 Å². The van der Waals surface area contributed by atoms with Crippen LogP contribution >= 0.6 is 0 Å². The van der Waals surface area contributed by atoms with E-state index in [0.717, 1.165) is 12.0 Å². The third-order valence-electron chi connectivity index (χ3n) is 3.39. The molecule has 3 heteroatoms. The summed E-state index contributed by atoms with van der Waals surface area (Å²) in [6.45, 7) is 1.94. The lowest BCUT2D eigenvalue weighted by atomic mass is 9.84. The summed E-state index contributed by atoms with van der Waals surface area (Å²) in [6, 6.07) is 7.22. The fourth-order valence-electron chi connectivity index (χ4n) is 2.60. The molecule has 0 N–H and O–H groups in total. The van der Waals surface area contributed by atoms with Crippen molar-refractivity contribution in [3.63, 3.8) is 0 Å². The maximum absolute atomic E-state index is 12.3. The van der Waals surface area contributed by atoms with Gasteiger partial charge in [0.25, 0.3) is 0 Å². The minimum absolute atomic E-state index is 0.0463. The summed E-state index contributed by atoms with van der Waals surface area (Å²) in [5.41, 5.74) is 1.67. The summed E-state index contributed by atoms with van der Waals surface area (Å²) in [5.74, 6) is 0.892. The van der Waals surface area contributed by atoms with Crippen LogP contribution in [0.5, 0.6) is 5.75 Å². The molecule has 0 unspecified atom stereocenters. The lowest BCUT2D eigenvalue weighted by Crippen LogP contribution is -2.17. The lowest BCUT2D eigenvalue weighted by Gasteiger charge is -2.19. The van der Waals surface area contributed by atoms with Crippen LogP contribution in [0, 0.1) is 5.92 Å². The van der Waals surface area contributed by atoms with Crippen LogP contribution in [0.25, 0.3) is 0 Å². The first-order valence-corrected chi connectivity index (χ1v) is 6.46. The highest BCUT2D eigenvalue weighted by Crippen LogP contribution is 2.28. The predicted octanol–water partition coefficient (Wildman–Crippen LogP) is 3.19. The average molecular weight is 258 g/mol. The SMILES string of the molecule is COc1ccccc1C(=O)C[C@H]1CC(=O)C=C(C)C1. The Morgan fingerprint density at radius 1 is 1.32 bits per heavy atom. The van der Waals surface area contributed by atoms with Crippen molar-refractivity contribution in [3.8, 4) is 5.75 Å². The second-order valence-corrected chi connectivity index (χ2v) is 5.06. The normalized spacial score (nSPS) is 18.9. The van der Waals surface area contributed by atoms with Gasteiger partial charge in [0.1, 0.15) is 5.75 Å². The Morgan fingerprint density at radius 3 is 2.74 bits per heavy atom. The number of methoxy groups -OCH3 is 1. The molecule has 0 spiro atoms. The fraction of sp³-hybridized carbons (Fsp3) is 0.375. The van der Waals surface area contributed by atoms with Crippen molar-refractivity contribution in [2.75, 3.05) is 7.11 Å². The Bertz CT molecular complexity index is 529. The Kier molecular flexibility index (Phi) is 4.15. The maximum atomic E-state index is 12.3. The van der Waals surface area contributed by atoms with Crippen LogP contribution in [0.15, 0.2) is 35.9 Å². The monoisotopic (exact) mass is 258 g/mol. The van der Waals surface area contributed by atoms with Gasteiger partial charge >= 0.3 is 0 Å². The molecule has 1 atom stereocenters. The van der Waals surface area contributed by atoms with Crippen molar-refractivity contribution >= 4 is 11.6 Å². The minimum atomic E-state index is 0.0463.